The van der Waals surface area contributed by atoms with Crippen LogP contribution in [-0.4, -0.2) is 9.38 Å². The van der Waals surface area contributed by atoms with Gasteiger partial charge in [-0.2, -0.15) is 8.97 Å². The second-order valence-corrected chi connectivity index (χ2v) is 8.51. The molecule has 0 saturated heterocycles. The number of fused-ring (bicyclic) bond motifs is 5. The lowest BCUT2D eigenvalue weighted by molar-refractivity contribution is -0.950. The van der Waals surface area contributed by atoms with E-state index in [1.165, 1.54) is 33.2 Å². The van der Waals surface area contributed by atoms with Gasteiger partial charge in [-0.25, -0.2) is 4.98 Å². The molecule has 5 nitrogen and oxygen atoms in total. The van der Waals surface area contributed by atoms with Gasteiger partial charge in [-0.3, -0.25) is 0 Å². The highest BCUT2D eigenvalue weighted by molar-refractivity contribution is 6.13. The van der Waals surface area contributed by atoms with Crippen molar-refractivity contribution in [1.29, 1.82) is 0 Å². The Labute approximate surface area is 176 Å². The first kappa shape index (κ1) is 14.7. The van der Waals surface area contributed by atoms with Crippen LogP contribution in [0.2, 0.25) is 0 Å². The third kappa shape index (κ3) is 1.30. The molecule has 1 spiro atoms. The molecular weight excluding hydrogens is 384 g/mol. The standard InChI is InChI=1S/C26H14N4O/c1-2-12-29-18(7-1)17-5-3-8-19-22(17)26(29)23-20(31-19)10-9-15-16-6-4-11-27-24(16)28-13-14-30(26)25(28)21(15)23/h1-14H/q+2. The number of imidazole rings is 1. The Morgan fingerprint density at radius 2 is 1.77 bits per heavy atom. The molecule has 0 bridgehead atoms. The van der Waals surface area contributed by atoms with E-state index in [2.05, 4.69) is 86.7 Å². The van der Waals surface area contributed by atoms with Crippen molar-refractivity contribution >= 4 is 27.5 Å². The topological polar surface area (TPSA) is 34.3 Å². The minimum absolute atomic E-state index is 0.496. The first-order chi connectivity index (χ1) is 15.4. The smallest absolute Gasteiger partial charge is 0.371 e. The van der Waals surface area contributed by atoms with Gasteiger partial charge in [-0.1, -0.05) is 6.07 Å². The maximum Gasteiger partial charge on any atom is 0.371 e. The normalized spacial score (nSPS) is 18.7. The van der Waals surface area contributed by atoms with Gasteiger partial charge in [0.05, 0.1) is 16.3 Å². The maximum absolute atomic E-state index is 6.54. The van der Waals surface area contributed by atoms with Gasteiger partial charge in [0.2, 0.25) is 11.3 Å². The molecular formula is C26H14N4O+2. The summed E-state index contributed by atoms with van der Waals surface area (Å²) in [6, 6.07) is 21.3. The van der Waals surface area contributed by atoms with Crippen molar-refractivity contribution in [1.82, 2.24) is 9.38 Å². The lowest BCUT2D eigenvalue weighted by Gasteiger charge is -2.27. The summed E-state index contributed by atoms with van der Waals surface area (Å²) < 4.78 is 13.6. The largest absolute Gasteiger partial charge is 0.456 e. The number of hydrogen-bond acceptors (Lipinski definition) is 2. The highest BCUT2D eigenvalue weighted by atomic mass is 16.5. The minimum Gasteiger partial charge on any atom is -0.456 e. The fourth-order valence-electron chi connectivity index (χ4n) is 6.31. The van der Waals surface area contributed by atoms with Gasteiger partial charge in [0, 0.05) is 23.7 Å². The zero-order valence-corrected chi connectivity index (χ0v) is 16.3. The highest BCUT2D eigenvalue weighted by Crippen LogP contribution is 2.56. The van der Waals surface area contributed by atoms with Crippen LogP contribution in [0.15, 0.2) is 85.5 Å². The van der Waals surface area contributed by atoms with E-state index in [4.69, 9.17) is 9.72 Å². The van der Waals surface area contributed by atoms with Crippen LogP contribution in [0.3, 0.4) is 0 Å². The SMILES string of the molecule is c1cc2c3c(c1)-c1cccc[n+]1C31c3c(ccc4c5cccnc5n5cc[n+]1c5c34)O2. The number of benzene rings is 2. The zero-order chi connectivity index (χ0) is 19.9. The first-order valence-corrected chi connectivity index (χ1v) is 10.5. The minimum atomic E-state index is -0.496. The highest BCUT2D eigenvalue weighted by Gasteiger charge is 2.67. The van der Waals surface area contributed by atoms with E-state index >= 15 is 0 Å². The molecule has 0 amide bonds. The summed E-state index contributed by atoms with van der Waals surface area (Å²) in [4.78, 5) is 4.75. The summed E-state index contributed by atoms with van der Waals surface area (Å²) in [5, 5.41) is 3.61. The van der Waals surface area contributed by atoms with E-state index in [0.717, 1.165) is 28.2 Å². The summed E-state index contributed by atoms with van der Waals surface area (Å²) >= 11 is 0. The Morgan fingerprint density at radius 1 is 0.806 bits per heavy atom. The first-order valence-electron chi connectivity index (χ1n) is 10.5. The number of hydrogen-bond donors (Lipinski definition) is 0. The summed E-state index contributed by atoms with van der Waals surface area (Å²) in [6.45, 7) is 0. The van der Waals surface area contributed by atoms with Gasteiger partial charge >= 0.3 is 11.3 Å². The van der Waals surface area contributed by atoms with Crippen LogP contribution in [0.5, 0.6) is 11.5 Å². The predicted molar refractivity (Wildman–Crippen MR) is 114 cm³/mol. The van der Waals surface area contributed by atoms with Crippen LogP contribution in [0.4, 0.5) is 0 Å². The van der Waals surface area contributed by atoms with Gasteiger partial charge in [-0.15, -0.1) is 4.57 Å². The van der Waals surface area contributed by atoms with Crippen LogP contribution in [0.1, 0.15) is 11.1 Å². The zero-order valence-electron chi connectivity index (χ0n) is 16.3. The van der Waals surface area contributed by atoms with Crippen molar-refractivity contribution in [2.24, 2.45) is 0 Å². The molecule has 0 saturated carbocycles. The molecule has 0 fully saturated rings. The van der Waals surface area contributed by atoms with Gasteiger partial charge in [-0.05, 0) is 42.5 Å². The molecule has 9 rings (SSSR count). The Kier molecular flexibility index (Phi) is 2.09. The molecule has 0 aliphatic carbocycles. The lowest BCUT2D eigenvalue weighted by atomic mass is 9.86. The predicted octanol–water partition coefficient (Wildman–Crippen LogP) is 3.91. The van der Waals surface area contributed by atoms with E-state index in [9.17, 15) is 0 Å². The molecule has 5 heteroatoms. The number of nitrogens with zero attached hydrogens (tertiary/aromatic N) is 4. The van der Waals surface area contributed by atoms with E-state index in [1.807, 2.05) is 12.3 Å². The Bertz CT molecular complexity index is 1830. The van der Waals surface area contributed by atoms with Crippen LogP contribution in [-0.2, 0) is 5.66 Å². The molecule has 6 aromatic rings. The van der Waals surface area contributed by atoms with E-state index < -0.39 is 5.66 Å². The third-order valence-corrected chi connectivity index (χ3v) is 7.29. The molecule has 1 unspecified atom stereocenters. The van der Waals surface area contributed by atoms with E-state index in [-0.39, 0.29) is 0 Å². The summed E-state index contributed by atoms with van der Waals surface area (Å²) in [5.41, 5.74) is 6.51. The summed E-state index contributed by atoms with van der Waals surface area (Å²) in [6.07, 6.45) is 8.42. The number of rotatable bonds is 0. The fraction of sp³-hybridized carbons (Fsp3) is 0.0385. The molecule has 3 aliphatic rings. The maximum atomic E-state index is 6.54. The monoisotopic (exact) mass is 398 g/mol. The van der Waals surface area contributed by atoms with Crippen LogP contribution in [0.25, 0.3) is 38.7 Å². The molecule has 0 radical (unpaired) electrons. The number of pyridine rings is 3. The number of aromatic nitrogens is 4. The molecule has 2 aromatic carbocycles. The lowest BCUT2D eigenvalue weighted by Crippen LogP contribution is -2.71. The summed E-state index contributed by atoms with van der Waals surface area (Å²) in [7, 11) is 0. The third-order valence-electron chi connectivity index (χ3n) is 7.29. The second kappa shape index (κ2) is 4.42. The average Bonchev–Trinajstić information content (AvgIpc) is 3.48. The van der Waals surface area contributed by atoms with Crippen LogP contribution < -0.4 is 13.9 Å². The van der Waals surface area contributed by atoms with Crippen molar-refractivity contribution in [3.8, 4) is 22.8 Å². The van der Waals surface area contributed by atoms with Crippen LogP contribution >= 0.6 is 0 Å². The van der Waals surface area contributed by atoms with E-state index in [1.54, 1.807) is 0 Å². The molecule has 31 heavy (non-hydrogen) atoms. The van der Waals surface area contributed by atoms with Crippen molar-refractivity contribution in [3.63, 3.8) is 0 Å². The molecule has 3 aliphatic heterocycles. The van der Waals surface area contributed by atoms with Crippen molar-refractivity contribution in [2.45, 2.75) is 5.66 Å². The molecule has 0 N–H and O–H groups in total. The average molecular weight is 398 g/mol. The van der Waals surface area contributed by atoms with Gasteiger partial charge in [0.25, 0.3) is 0 Å². The second-order valence-electron chi connectivity index (χ2n) is 8.51. The molecule has 7 heterocycles. The van der Waals surface area contributed by atoms with Crippen LogP contribution in [0, 0.1) is 0 Å². The Balaban J connectivity index is 1.65. The quantitative estimate of drug-likeness (QED) is 0.287. The molecule has 142 valence electrons. The van der Waals surface area contributed by atoms with Crippen molar-refractivity contribution in [2.75, 3.05) is 0 Å². The van der Waals surface area contributed by atoms with Crippen molar-refractivity contribution < 1.29 is 13.9 Å². The molecule has 1 atom stereocenters. The van der Waals surface area contributed by atoms with Crippen molar-refractivity contribution in [3.05, 3.63) is 96.6 Å². The summed E-state index contributed by atoms with van der Waals surface area (Å²) in [5.74, 6) is 1.85. The Hall–Kier alpha value is -4.25. The fourth-order valence-corrected chi connectivity index (χ4v) is 6.31. The van der Waals surface area contributed by atoms with Gasteiger partial charge < -0.3 is 4.74 Å². The van der Waals surface area contributed by atoms with Gasteiger partial charge in [0.15, 0.2) is 6.20 Å². The molecule has 4 aromatic heterocycles. The number of ether oxygens (including phenoxy) is 1. The van der Waals surface area contributed by atoms with Gasteiger partial charge in [0.1, 0.15) is 35.0 Å². The van der Waals surface area contributed by atoms with E-state index in [0.29, 0.717) is 0 Å². The Morgan fingerprint density at radius 3 is 2.77 bits per heavy atom.